The third-order valence-electron chi connectivity index (χ3n) is 1.95. The zero-order valence-corrected chi connectivity index (χ0v) is 9.64. The van der Waals surface area contributed by atoms with E-state index in [4.69, 9.17) is 16.3 Å². The number of hydrogen-bond donors (Lipinski definition) is 0. The van der Waals surface area contributed by atoms with Crippen LogP contribution in [0.5, 0.6) is 0 Å². The number of nitro benzene ring substituents is 1. The van der Waals surface area contributed by atoms with Gasteiger partial charge in [-0.25, -0.2) is 0 Å². The number of ether oxygens (including phenoxy) is 1. The molecule has 0 aliphatic rings. The van der Waals surface area contributed by atoms with Crippen LogP contribution < -0.4 is 0 Å². The Balaban J connectivity index is 2.85. The normalized spacial score (nSPS) is 9.71. The summed E-state index contributed by atoms with van der Waals surface area (Å²) in [6.45, 7) is 3.50. The number of nitro groups is 1. The highest BCUT2D eigenvalue weighted by molar-refractivity contribution is 6.33. The van der Waals surface area contributed by atoms with Crippen molar-refractivity contribution in [2.75, 3.05) is 6.61 Å². The lowest BCUT2D eigenvalue weighted by molar-refractivity contribution is -0.384. The molecule has 1 aromatic carbocycles. The number of rotatable bonds is 5. The van der Waals surface area contributed by atoms with Gasteiger partial charge in [0.15, 0.2) is 0 Å². The van der Waals surface area contributed by atoms with E-state index in [-0.39, 0.29) is 23.7 Å². The van der Waals surface area contributed by atoms with E-state index in [2.05, 4.69) is 6.58 Å². The summed E-state index contributed by atoms with van der Waals surface area (Å²) in [5.74, 6) is -0.507. The molecule has 0 amide bonds. The molecule has 0 aliphatic carbocycles. The molecule has 0 fully saturated rings. The molecule has 0 saturated heterocycles. The standard InChI is InChI=1S/C11H10ClNO4/c1-2-6-17-10(14)7-8-4-3-5-9(11(8)12)13(15)16/h2-5H,1,6-7H2. The third-order valence-corrected chi connectivity index (χ3v) is 2.39. The van der Waals surface area contributed by atoms with Crippen molar-refractivity contribution in [2.45, 2.75) is 6.42 Å². The molecule has 0 N–H and O–H groups in total. The Morgan fingerprint density at radius 1 is 1.59 bits per heavy atom. The maximum Gasteiger partial charge on any atom is 0.310 e. The van der Waals surface area contributed by atoms with E-state index in [0.29, 0.717) is 5.56 Å². The second kappa shape index (κ2) is 6.00. The van der Waals surface area contributed by atoms with Gasteiger partial charge in [0.25, 0.3) is 5.69 Å². The molecular weight excluding hydrogens is 246 g/mol. The zero-order chi connectivity index (χ0) is 12.8. The summed E-state index contributed by atoms with van der Waals surface area (Å²) in [5.41, 5.74) is 0.149. The van der Waals surface area contributed by atoms with Gasteiger partial charge in [0.05, 0.1) is 11.3 Å². The largest absolute Gasteiger partial charge is 0.461 e. The van der Waals surface area contributed by atoms with Crippen molar-refractivity contribution in [3.8, 4) is 0 Å². The SMILES string of the molecule is C=CCOC(=O)Cc1cccc([N+](=O)[O-])c1Cl. The summed E-state index contributed by atoms with van der Waals surface area (Å²) in [6, 6.07) is 4.30. The van der Waals surface area contributed by atoms with Crippen LogP contribution in [0.3, 0.4) is 0 Å². The van der Waals surface area contributed by atoms with Crippen molar-refractivity contribution < 1.29 is 14.5 Å². The maximum atomic E-state index is 11.3. The van der Waals surface area contributed by atoms with Crippen LogP contribution in [0.1, 0.15) is 5.56 Å². The first-order chi connectivity index (χ1) is 8.06. The summed E-state index contributed by atoms with van der Waals surface area (Å²) < 4.78 is 4.76. The Labute approximate surface area is 103 Å². The van der Waals surface area contributed by atoms with E-state index in [0.717, 1.165) is 0 Å². The fraction of sp³-hybridized carbons (Fsp3) is 0.182. The minimum atomic E-state index is -0.596. The Morgan fingerprint density at radius 3 is 2.88 bits per heavy atom. The number of nitrogens with zero attached hydrogens (tertiary/aromatic N) is 1. The van der Waals surface area contributed by atoms with Crippen molar-refractivity contribution in [1.29, 1.82) is 0 Å². The number of esters is 1. The van der Waals surface area contributed by atoms with Crippen LogP contribution in [0.15, 0.2) is 30.9 Å². The van der Waals surface area contributed by atoms with Gasteiger partial charge in [-0.3, -0.25) is 14.9 Å². The molecule has 0 unspecified atom stereocenters. The molecule has 17 heavy (non-hydrogen) atoms. The lowest BCUT2D eigenvalue weighted by Crippen LogP contribution is -2.08. The van der Waals surface area contributed by atoms with Crippen LogP contribution in [0.4, 0.5) is 5.69 Å². The Bertz CT molecular complexity index is 459. The molecule has 90 valence electrons. The van der Waals surface area contributed by atoms with Crippen molar-refractivity contribution in [3.05, 3.63) is 51.6 Å². The van der Waals surface area contributed by atoms with Crippen molar-refractivity contribution >= 4 is 23.3 Å². The summed E-state index contributed by atoms with van der Waals surface area (Å²) >= 11 is 5.81. The highest BCUT2D eigenvalue weighted by Gasteiger charge is 2.17. The van der Waals surface area contributed by atoms with Crippen LogP contribution in [-0.2, 0) is 16.0 Å². The number of hydrogen-bond acceptors (Lipinski definition) is 4. The first-order valence-electron chi connectivity index (χ1n) is 4.74. The van der Waals surface area contributed by atoms with Gasteiger partial charge in [0.2, 0.25) is 0 Å². The van der Waals surface area contributed by atoms with E-state index in [9.17, 15) is 14.9 Å². The smallest absolute Gasteiger partial charge is 0.310 e. The Kier molecular flexibility index (Phi) is 4.66. The molecule has 6 heteroatoms. The van der Waals surface area contributed by atoms with Gasteiger partial charge >= 0.3 is 5.97 Å². The van der Waals surface area contributed by atoms with E-state index in [1.54, 1.807) is 6.07 Å². The van der Waals surface area contributed by atoms with Gasteiger partial charge < -0.3 is 4.74 Å². The molecular formula is C11H10ClNO4. The van der Waals surface area contributed by atoms with E-state index in [1.165, 1.54) is 18.2 Å². The van der Waals surface area contributed by atoms with Crippen LogP contribution in [-0.4, -0.2) is 17.5 Å². The molecule has 0 bridgehead atoms. The maximum absolute atomic E-state index is 11.3. The quantitative estimate of drug-likeness (QED) is 0.351. The third kappa shape index (κ3) is 3.57. The molecule has 0 saturated carbocycles. The fourth-order valence-electron chi connectivity index (χ4n) is 1.20. The average Bonchev–Trinajstić information content (AvgIpc) is 2.28. The zero-order valence-electron chi connectivity index (χ0n) is 8.89. The highest BCUT2D eigenvalue weighted by Crippen LogP contribution is 2.28. The second-order valence-corrected chi connectivity index (χ2v) is 3.53. The molecule has 1 aromatic rings. The van der Waals surface area contributed by atoms with Gasteiger partial charge in [-0.2, -0.15) is 0 Å². The first kappa shape index (κ1) is 13.2. The van der Waals surface area contributed by atoms with E-state index >= 15 is 0 Å². The highest BCUT2D eigenvalue weighted by atomic mass is 35.5. The van der Waals surface area contributed by atoms with Gasteiger partial charge in [-0.15, -0.1) is 0 Å². The lowest BCUT2D eigenvalue weighted by atomic mass is 10.1. The minimum Gasteiger partial charge on any atom is -0.461 e. The molecule has 0 radical (unpaired) electrons. The molecule has 0 spiro atoms. The predicted molar refractivity (Wildman–Crippen MR) is 63.0 cm³/mol. The van der Waals surface area contributed by atoms with Gasteiger partial charge in [-0.1, -0.05) is 36.4 Å². The molecule has 0 atom stereocenters. The topological polar surface area (TPSA) is 69.4 Å². The second-order valence-electron chi connectivity index (χ2n) is 3.16. The van der Waals surface area contributed by atoms with Crippen LogP contribution >= 0.6 is 11.6 Å². The Morgan fingerprint density at radius 2 is 2.29 bits per heavy atom. The summed E-state index contributed by atoms with van der Waals surface area (Å²) in [6.07, 6.45) is 1.33. The average molecular weight is 256 g/mol. The summed E-state index contributed by atoms with van der Waals surface area (Å²) in [7, 11) is 0. The van der Waals surface area contributed by atoms with Gasteiger partial charge in [-0.05, 0) is 5.56 Å². The summed E-state index contributed by atoms with van der Waals surface area (Å²) in [5, 5.41) is 10.6. The number of benzene rings is 1. The first-order valence-corrected chi connectivity index (χ1v) is 5.12. The van der Waals surface area contributed by atoms with Crippen LogP contribution in [0, 0.1) is 10.1 Å². The monoisotopic (exact) mass is 255 g/mol. The molecule has 5 nitrogen and oxygen atoms in total. The van der Waals surface area contributed by atoms with Crippen molar-refractivity contribution in [1.82, 2.24) is 0 Å². The molecule has 1 rings (SSSR count). The minimum absolute atomic E-state index is 0.0342. The Hall–Kier alpha value is -1.88. The van der Waals surface area contributed by atoms with Crippen molar-refractivity contribution in [3.63, 3.8) is 0 Å². The number of carbonyl (C=O) groups is 1. The molecule has 0 heterocycles. The predicted octanol–water partition coefficient (Wildman–Crippen LogP) is 2.52. The van der Waals surface area contributed by atoms with Gasteiger partial charge in [0, 0.05) is 6.07 Å². The van der Waals surface area contributed by atoms with Gasteiger partial charge in [0.1, 0.15) is 11.6 Å². The van der Waals surface area contributed by atoms with E-state index in [1.807, 2.05) is 0 Å². The van der Waals surface area contributed by atoms with Crippen LogP contribution in [0.2, 0.25) is 5.02 Å². The van der Waals surface area contributed by atoms with E-state index < -0.39 is 10.9 Å². The molecule has 0 aromatic heterocycles. The number of carbonyl (C=O) groups excluding carboxylic acids is 1. The summed E-state index contributed by atoms with van der Waals surface area (Å²) in [4.78, 5) is 21.3. The van der Waals surface area contributed by atoms with Crippen molar-refractivity contribution in [2.24, 2.45) is 0 Å². The fourth-order valence-corrected chi connectivity index (χ4v) is 1.46. The van der Waals surface area contributed by atoms with Crippen LogP contribution in [0.25, 0.3) is 0 Å². The lowest BCUT2D eigenvalue weighted by Gasteiger charge is -2.04. The number of halogens is 1. The molecule has 0 aliphatic heterocycles.